The largest absolute Gasteiger partial charge is 0.449 e. The molecule has 1 saturated heterocycles. The van der Waals surface area contributed by atoms with Gasteiger partial charge in [0.1, 0.15) is 11.5 Å². The monoisotopic (exact) mass is 436 g/mol. The number of likely N-dealkylation sites (tertiary alicyclic amines) is 1. The van der Waals surface area contributed by atoms with Crippen LogP contribution >= 0.6 is 0 Å². The lowest BCUT2D eigenvalue weighted by atomic mass is 10.1. The number of aromatic nitrogens is 2. The van der Waals surface area contributed by atoms with Crippen LogP contribution in [0.25, 0.3) is 22.7 Å². The first-order chi connectivity index (χ1) is 15.7. The van der Waals surface area contributed by atoms with Crippen LogP contribution in [0.2, 0.25) is 0 Å². The van der Waals surface area contributed by atoms with E-state index in [1.54, 1.807) is 18.2 Å². The number of hydrogen-bond acceptors (Lipinski definition) is 4. The SMILES string of the molecule is O=C(NCCN1CCCC1)c1ccc(-c2c(-c3ccc(F)cc3)ncn2C2CCCC2)o1. The Morgan fingerprint density at radius 3 is 2.56 bits per heavy atom. The number of nitrogens with one attached hydrogen (secondary N) is 1. The third kappa shape index (κ3) is 4.35. The van der Waals surface area contributed by atoms with Gasteiger partial charge in [-0.3, -0.25) is 4.79 Å². The van der Waals surface area contributed by atoms with Gasteiger partial charge in [-0.2, -0.15) is 0 Å². The van der Waals surface area contributed by atoms with E-state index in [4.69, 9.17) is 4.42 Å². The third-order valence-electron chi connectivity index (χ3n) is 6.60. The van der Waals surface area contributed by atoms with Crippen LogP contribution in [0.15, 0.2) is 47.1 Å². The van der Waals surface area contributed by atoms with Gasteiger partial charge in [-0.1, -0.05) is 12.8 Å². The lowest BCUT2D eigenvalue weighted by Gasteiger charge is -2.15. The molecule has 2 aliphatic rings. The Balaban J connectivity index is 1.39. The van der Waals surface area contributed by atoms with Crippen molar-refractivity contribution in [1.29, 1.82) is 0 Å². The summed E-state index contributed by atoms with van der Waals surface area (Å²) in [5.74, 6) is 0.422. The van der Waals surface area contributed by atoms with Crippen molar-refractivity contribution in [2.75, 3.05) is 26.2 Å². The first-order valence-corrected chi connectivity index (χ1v) is 11.6. The summed E-state index contributed by atoms with van der Waals surface area (Å²) in [6.45, 7) is 3.69. The number of furan rings is 1. The second-order valence-corrected chi connectivity index (χ2v) is 8.76. The number of imidazole rings is 1. The Morgan fingerprint density at radius 1 is 1.06 bits per heavy atom. The van der Waals surface area contributed by atoms with E-state index in [2.05, 4.69) is 19.8 Å². The zero-order valence-corrected chi connectivity index (χ0v) is 18.2. The molecule has 2 aromatic heterocycles. The second kappa shape index (κ2) is 9.28. The summed E-state index contributed by atoms with van der Waals surface area (Å²) >= 11 is 0. The van der Waals surface area contributed by atoms with Gasteiger partial charge in [0.15, 0.2) is 11.5 Å². The van der Waals surface area contributed by atoms with Gasteiger partial charge in [0.05, 0.1) is 12.0 Å². The van der Waals surface area contributed by atoms with Gasteiger partial charge in [-0.05, 0) is 75.2 Å². The summed E-state index contributed by atoms with van der Waals surface area (Å²) in [5, 5.41) is 2.97. The van der Waals surface area contributed by atoms with Crippen LogP contribution in [0, 0.1) is 5.82 Å². The van der Waals surface area contributed by atoms with Crippen LogP contribution in [-0.2, 0) is 0 Å². The molecule has 2 fully saturated rings. The molecule has 168 valence electrons. The number of hydrogen-bond donors (Lipinski definition) is 1. The maximum absolute atomic E-state index is 13.5. The molecular formula is C25H29FN4O2. The van der Waals surface area contributed by atoms with Crippen molar-refractivity contribution < 1.29 is 13.6 Å². The number of carbonyl (C=O) groups excluding carboxylic acids is 1. The molecule has 1 amide bonds. The predicted molar refractivity (Wildman–Crippen MR) is 121 cm³/mol. The first kappa shape index (κ1) is 20.9. The highest BCUT2D eigenvalue weighted by Crippen LogP contribution is 2.39. The predicted octanol–water partition coefficient (Wildman–Crippen LogP) is 4.89. The number of amides is 1. The average molecular weight is 437 g/mol. The van der Waals surface area contributed by atoms with Crippen molar-refractivity contribution in [3.8, 4) is 22.7 Å². The number of rotatable bonds is 7. The lowest BCUT2D eigenvalue weighted by molar-refractivity contribution is 0.0923. The van der Waals surface area contributed by atoms with Crippen molar-refractivity contribution in [2.24, 2.45) is 0 Å². The van der Waals surface area contributed by atoms with E-state index in [0.29, 0.717) is 24.1 Å². The molecule has 1 aromatic carbocycles. The molecule has 3 heterocycles. The van der Waals surface area contributed by atoms with Gasteiger partial charge in [-0.15, -0.1) is 0 Å². The summed E-state index contributed by atoms with van der Waals surface area (Å²) in [6.07, 6.45) is 8.89. The lowest BCUT2D eigenvalue weighted by Crippen LogP contribution is -2.33. The quantitative estimate of drug-likeness (QED) is 0.573. The third-order valence-corrected chi connectivity index (χ3v) is 6.60. The van der Waals surface area contributed by atoms with Crippen molar-refractivity contribution in [3.05, 3.63) is 54.3 Å². The molecule has 3 aromatic rings. The molecule has 5 rings (SSSR count). The fourth-order valence-electron chi connectivity index (χ4n) is 4.89. The minimum absolute atomic E-state index is 0.203. The highest BCUT2D eigenvalue weighted by atomic mass is 19.1. The van der Waals surface area contributed by atoms with Crippen molar-refractivity contribution >= 4 is 5.91 Å². The number of nitrogens with zero attached hydrogens (tertiary/aromatic N) is 3. The Hall–Kier alpha value is -2.93. The number of carbonyl (C=O) groups is 1. The van der Waals surface area contributed by atoms with E-state index in [1.807, 2.05) is 12.4 Å². The maximum atomic E-state index is 13.5. The van der Waals surface area contributed by atoms with Gasteiger partial charge in [0.2, 0.25) is 0 Å². The highest BCUT2D eigenvalue weighted by Gasteiger charge is 2.26. The molecule has 32 heavy (non-hydrogen) atoms. The van der Waals surface area contributed by atoms with E-state index >= 15 is 0 Å². The number of halogens is 1. The van der Waals surface area contributed by atoms with Crippen molar-refractivity contribution in [2.45, 2.75) is 44.6 Å². The van der Waals surface area contributed by atoms with Gasteiger partial charge < -0.3 is 19.2 Å². The summed E-state index contributed by atoms with van der Waals surface area (Å²) in [7, 11) is 0. The minimum Gasteiger partial charge on any atom is -0.449 e. The molecular weight excluding hydrogens is 407 g/mol. The Bertz CT molecular complexity index is 1060. The molecule has 1 N–H and O–H groups in total. The standard InChI is InChI=1S/C25H29FN4O2/c26-19-9-7-18(8-10-19)23-24(30(17-28-23)20-5-1-2-6-20)21-11-12-22(32-21)25(31)27-13-16-29-14-3-4-15-29/h7-12,17,20H,1-6,13-16H2,(H,27,31). The van der Waals surface area contributed by atoms with Crippen LogP contribution in [-0.4, -0.2) is 46.5 Å². The first-order valence-electron chi connectivity index (χ1n) is 11.6. The zero-order chi connectivity index (χ0) is 21.9. The van der Waals surface area contributed by atoms with Crippen molar-refractivity contribution in [1.82, 2.24) is 19.8 Å². The molecule has 0 unspecified atom stereocenters. The van der Waals surface area contributed by atoms with Gasteiger partial charge >= 0.3 is 0 Å². The fourth-order valence-corrected chi connectivity index (χ4v) is 4.89. The Morgan fingerprint density at radius 2 is 1.81 bits per heavy atom. The Kier molecular flexibility index (Phi) is 6.08. The van der Waals surface area contributed by atoms with E-state index in [-0.39, 0.29) is 11.7 Å². The summed E-state index contributed by atoms with van der Waals surface area (Å²) < 4.78 is 21.7. The molecule has 0 spiro atoms. The summed E-state index contributed by atoms with van der Waals surface area (Å²) in [6, 6.07) is 10.3. The van der Waals surface area contributed by atoms with Crippen LogP contribution < -0.4 is 5.32 Å². The van der Waals surface area contributed by atoms with E-state index in [9.17, 15) is 9.18 Å². The fraction of sp³-hybridized carbons (Fsp3) is 0.440. The van der Waals surface area contributed by atoms with Gasteiger partial charge in [-0.25, -0.2) is 9.37 Å². The molecule has 0 atom stereocenters. The molecule has 7 heteroatoms. The summed E-state index contributed by atoms with van der Waals surface area (Å²) in [4.78, 5) is 19.7. The topological polar surface area (TPSA) is 63.3 Å². The van der Waals surface area contributed by atoms with E-state index < -0.39 is 0 Å². The van der Waals surface area contributed by atoms with Crippen LogP contribution in [0.4, 0.5) is 4.39 Å². The van der Waals surface area contributed by atoms with Crippen LogP contribution in [0.5, 0.6) is 0 Å². The highest BCUT2D eigenvalue weighted by molar-refractivity contribution is 5.92. The molecule has 1 aliphatic heterocycles. The van der Waals surface area contributed by atoms with Crippen LogP contribution in [0.1, 0.15) is 55.1 Å². The minimum atomic E-state index is -0.281. The molecule has 1 saturated carbocycles. The molecule has 0 radical (unpaired) electrons. The molecule has 6 nitrogen and oxygen atoms in total. The Labute approximate surface area is 187 Å². The van der Waals surface area contributed by atoms with E-state index in [1.165, 1.54) is 37.8 Å². The second-order valence-electron chi connectivity index (χ2n) is 8.76. The molecule has 0 bridgehead atoms. The summed E-state index contributed by atoms with van der Waals surface area (Å²) in [5.41, 5.74) is 2.41. The van der Waals surface area contributed by atoms with Crippen LogP contribution in [0.3, 0.4) is 0 Å². The van der Waals surface area contributed by atoms with E-state index in [0.717, 1.165) is 49.4 Å². The maximum Gasteiger partial charge on any atom is 0.287 e. The average Bonchev–Trinajstić information content (AvgIpc) is 3.60. The van der Waals surface area contributed by atoms with Gasteiger partial charge in [0.25, 0.3) is 5.91 Å². The van der Waals surface area contributed by atoms with Crippen molar-refractivity contribution in [3.63, 3.8) is 0 Å². The van der Waals surface area contributed by atoms with Gasteiger partial charge in [0, 0.05) is 24.7 Å². The zero-order valence-electron chi connectivity index (χ0n) is 18.2. The molecule has 1 aliphatic carbocycles. The number of benzene rings is 1. The smallest absolute Gasteiger partial charge is 0.287 e. The normalized spacial score (nSPS) is 17.3.